The zero-order chi connectivity index (χ0) is 16.8. The molecule has 1 atom stereocenters. The summed E-state index contributed by atoms with van der Waals surface area (Å²) in [6.07, 6.45) is 0.499. The first-order chi connectivity index (χ1) is 11.0. The second-order valence-corrected chi connectivity index (χ2v) is 5.79. The molecule has 0 aromatic heterocycles. The highest BCUT2D eigenvalue weighted by molar-refractivity contribution is 9.10. The maximum absolute atomic E-state index is 12.4. The van der Waals surface area contributed by atoms with Gasteiger partial charge in [-0.25, -0.2) is 0 Å². The van der Waals surface area contributed by atoms with Crippen molar-refractivity contribution in [1.82, 2.24) is 5.32 Å². The lowest BCUT2D eigenvalue weighted by Crippen LogP contribution is -2.38. The molecule has 0 spiro atoms. The highest BCUT2D eigenvalue weighted by Gasteiger charge is 2.20. The van der Waals surface area contributed by atoms with E-state index in [1.807, 2.05) is 6.07 Å². The first-order valence-electron chi connectivity index (χ1n) is 6.93. The second-order valence-electron chi connectivity index (χ2n) is 4.88. The molecular formula is C17H15BrN2O3. The molecule has 23 heavy (non-hydrogen) atoms. The van der Waals surface area contributed by atoms with Crippen LogP contribution in [0.5, 0.6) is 0 Å². The molecule has 2 aromatic carbocycles. The largest absolute Gasteiger partial charge is 0.342 e. The van der Waals surface area contributed by atoms with Crippen molar-refractivity contribution in [2.45, 2.75) is 13.0 Å². The van der Waals surface area contributed by atoms with E-state index in [4.69, 9.17) is 0 Å². The number of carbonyl (C=O) groups excluding carboxylic acids is 3. The van der Waals surface area contributed by atoms with Crippen molar-refractivity contribution < 1.29 is 14.4 Å². The fraction of sp³-hybridized carbons (Fsp3) is 0.118. The zero-order valence-electron chi connectivity index (χ0n) is 12.4. The van der Waals surface area contributed by atoms with Gasteiger partial charge in [-0.05, 0) is 25.1 Å². The average Bonchev–Trinajstić information content (AvgIpc) is 2.56. The fourth-order valence-electron chi connectivity index (χ4n) is 2.09. The zero-order valence-corrected chi connectivity index (χ0v) is 14.0. The molecule has 118 valence electrons. The number of nitrogens with one attached hydrogen (secondary N) is 2. The van der Waals surface area contributed by atoms with Crippen LogP contribution >= 0.6 is 15.9 Å². The van der Waals surface area contributed by atoms with E-state index in [1.54, 1.807) is 49.4 Å². The van der Waals surface area contributed by atoms with Crippen LogP contribution in [0.4, 0.5) is 5.69 Å². The van der Waals surface area contributed by atoms with Crippen LogP contribution in [0.25, 0.3) is 0 Å². The summed E-state index contributed by atoms with van der Waals surface area (Å²) < 4.78 is 0.695. The second kappa shape index (κ2) is 7.69. The number of Topliss-reactive ketones (excluding diaryl/α,β-unsaturated/α-hetero) is 1. The molecular weight excluding hydrogens is 360 g/mol. The molecule has 0 fully saturated rings. The SMILES string of the molecule is CC(NC(=O)c1cc(Br)ccc1NC=O)C(=O)c1ccccc1. The summed E-state index contributed by atoms with van der Waals surface area (Å²) in [4.78, 5) is 35.3. The first-order valence-corrected chi connectivity index (χ1v) is 7.72. The Balaban J connectivity index is 2.17. The van der Waals surface area contributed by atoms with E-state index in [9.17, 15) is 14.4 Å². The van der Waals surface area contributed by atoms with E-state index < -0.39 is 11.9 Å². The Morgan fingerprint density at radius 2 is 1.83 bits per heavy atom. The highest BCUT2D eigenvalue weighted by Crippen LogP contribution is 2.21. The fourth-order valence-corrected chi connectivity index (χ4v) is 2.45. The number of amides is 2. The van der Waals surface area contributed by atoms with Crippen LogP contribution in [-0.2, 0) is 4.79 Å². The summed E-state index contributed by atoms with van der Waals surface area (Å²) in [6.45, 7) is 1.62. The van der Waals surface area contributed by atoms with Gasteiger partial charge in [0.15, 0.2) is 5.78 Å². The lowest BCUT2D eigenvalue weighted by atomic mass is 10.0. The lowest BCUT2D eigenvalue weighted by molar-refractivity contribution is -0.105. The van der Waals surface area contributed by atoms with Crippen molar-refractivity contribution in [3.8, 4) is 0 Å². The van der Waals surface area contributed by atoms with E-state index in [-0.39, 0.29) is 11.3 Å². The number of ketones is 1. The van der Waals surface area contributed by atoms with E-state index in [0.717, 1.165) is 0 Å². The van der Waals surface area contributed by atoms with Gasteiger partial charge < -0.3 is 10.6 Å². The van der Waals surface area contributed by atoms with E-state index in [0.29, 0.717) is 22.1 Å². The van der Waals surface area contributed by atoms with Crippen LogP contribution in [0.3, 0.4) is 0 Å². The van der Waals surface area contributed by atoms with Crippen LogP contribution in [0, 0.1) is 0 Å². The van der Waals surface area contributed by atoms with Gasteiger partial charge in [0.25, 0.3) is 5.91 Å². The minimum absolute atomic E-state index is 0.182. The minimum atomic E-state index is -0.687. The molecule has 0 bridgehead atoms. The molecule has 2 amide bonds. The predicted octanol–water partition coefficient (Wildman–Crippen LogP) is 3.02. The smallest absolute Gasteiger partial charge is 0.254 e. The maximum atomic E-state index is 12.4. The topological polar surface area (TPSA) is 75.3 Å². The molecule has 0 aliphatic carbocycles. The van der Waals surface area contributed by atoms with Crippen molar-refractivity contribution in [3.05, 3.63) is 64.1 Å². The number of anilines is 1. The average molecular weight is 375 g/mol. The molecule has 0 heterocycles. The molecule has 2 rings (SSSR count). The van der Waals surface area contributed by atoms with E-state index in [1.165, 1.54) is 0 Å². The van der Waals surface area contributed by atoms with E-state index in [2.05, 4.69) is 26.6 Å². The van der Waals surface area contributed by atoms with Crippen LogP contribution in [0.15, 0.2) is 53.0 Å². The summed E-state index contributed by atoms with van der Waals surface area (Å²) >= 11 is 3.28. The number of hydrogen-bond donors (Lipinski definition) is 2. The summed E-state index contributed by atoms with van der Waals surface area (Å²) in [5.74, 6) is -0.619. The van der Waals surface area contributed by atoms with Crippen molar-refractivity contribution >= 4 is 39.7 Å². The summed E-state index contributed by atoms with van der Waals surface area (Å²) in [5, 5.41) is 5.13. The van der Waals surface area contributed by atoms with Crippen LogP contribution in [-0.4, -0.2) is 24.1 Å². The van der Waals surface area contributed by atoms with Crippen molar-refractivity contribution in [2.75, 3.05) is 5.32 Å². The van der Waals surface area contributed by atoms with Crippen LogP contribution in [0.2, 0.25) is 0 Å². The third kappa shape index (κ3) is 4.26. The number of halogens is 1. The molecule has 0 aliphatic rings. The molecule has 0 saturated heterocycles. The van der Waals surface area contributed by atoms with Gasteiger partial charge in [-0.2, -0.15) is 0 Å². The molecule has 1 unspecified atom stereocenters. The van der Waals surface area contributed by atoms with Crippen molar-refractivity contribution in [1.29, 1.82) is 0 Å². The minimum Gasteiger partial charge on any atom is -0.342 e. The van der Waals surface area contributed by atoms with E-state index >= 15 is 0 Å². The number of carbonyl (C=O) groups is 3. The molecule has 0 aliphatic heterocycles. The Hall–Kier alpha value is -2.47. The van der Waals surface area contributed by atoms with Gasteiger partial charge in [0, 0.05) is 10.0 Å². The van der Waals surface area contributed by atoms with Gasteiger partial charge in [0.2, 0.25) is 6.41 Å². The number of rotatable bonds is 6. The Morgan fingerprint density at radius 1 is 1.13 bits per heavy atom. The molecule has 2 N–H and O–H groups in total. The van der Waals surface area contributed by atoms with Gasteiger partial charge in [-0.1, -0.05) is 46.3 Å². The Morgan fingerprint density at radius 3 is 2.48 bits per heavy atom. The Labute approximate surface area is 142 Å². The van der Waals surface area contributed by atoms with Gasteiger partial charge in [0.1, 0.15) is 0 Å². The van der Waals surface area contributed by atoms with Gasteiger partial charge >= 0.3 is 0 Å². The molecule has 0 saturated carbocycles. The predicted molar refractivity (Wildman–Crippen MR) is 91.5 cm³/mol. The van der Waals surface area contributed by atoms with Gasteiger partial charge in [0.05, 0.1) is 17.3 Å². The molecule has 6 heteroatoms. The van der Waals surface area contributed by atoms with Gasteiger partial charge in [-0.3, -0.25) is 14.4 Å². The van der Waals surface area contributed by atoms with Crippen LogP contribution in [0.1, 0.15) is 27.6 Å². The lowest BCUT2D eigenvalue weighted by Gasteiger charge is -2.15. The molecule has 5 nitrogen and oxygen atoms in total. The monoisotopic (exact) mass is 374 g/mol. The highest BCUT2D eigenvalue weighted by atomic mass is 79.9. The van der Waals surface area contributed by atoms with Gasteiger partial charge in [-0.15, -0.1) is 0 Å². The summed E-state index contributed by atoms with van der Waals surface area (Å²) in [5.41, 5.74) is 1.18. The normalized spacial score (nSPS) is 11.4. The number of benzene rings is 2. The first kappa shape index (κ1) is 16.9. The Bertz CT molecular complexity index is 732. The number of hydrogen-bond acceptors (Lipinski definition) is 3. The molecule has 0 radical (unpaired) electrons. The van der Waals surface area contributed by atoms with Crippen molar-refractivity contribution in [2.24, 2.45) is 0 Å². The van der Waals surface area contributed by atoms with Crippen LogP contribution < -0.4 is 10.6 Å². The third-order valence-electron chi connectivity index (χ3n) is 3.24. The summed E-state index contributed by atoms with van der Waals surface area (Å²) in [7, 11) is 0. The third-order valence-corrected chi connectivity index (χ3v) is 3.73. The Kier molecular flexibility index (Phi) is 5.65. The quantitative estimate of drug-likeness (QED) is 0.602. The molecule has 2 aromatic rings. The summed E-state index contributed by atoms with van der Waals surface area (Å²) in [6, 6.07) is 13.0. The van der Waals surface area contributed by atoms with Crippen molar-refractivity contribution in [3.63, 3.8) is 0 Å². The standard InChI is InChI=1S/C17H15BrN2O3/c1-11(16(22)12-5-3-2-4-6-12)20-17(23)14-9-13(18)7-8-15(14)19-10-21/h2-11H,1H3,(H,19,21)(H,20,23). The maximum Gasteiger partial charge on any atom is 0.254 e.